The van der Waals surface area contributed by atoms with E-state index >= 15 is 0 Å². The van der Waals surface area contributed by atoms with Gasteiger partial charge in [0, 0.05) is 14.6 Å². The molecule has 3 aromatic carbocycles. The average molecular weight is 586 g/mol. The summed E-state index contributed by atoms with van der Waals surface area (Å²) < 4.78 is 18.4. The summed E-state index contributed by atoms with van der Waals surface area (Å²) in [6, 6.07) is 20.2. The molecule has 3 aromatic rings. The molecule has 0 saturated carbocycles. The van der Waals surface area contributed by atoms with Crippen LogP contribution >= 0.6 is 31.9 Å². The van der Waals surface area contributed by atoms with Crippen LogP contribution in [0, 0.1) is 11.3 Å². The number of rotatable bonds is 9. The van der Waals surface area contributed by atoms with Gasteiger partial charge in [0.15, 0.2) is 11.5 Å². The molecule has 0 spiro atoms. The molecule has 0 unspecified atom stereocenters. The van der Waals surface area contributed by atoms with Crippen LogP contribution in [0.5, 0.6) is 17.2 Å². The standard InChI is InChI=1S/C26H22Br2N2O4/c1-3-33-22-10-8-21(9-11-22)30-26(31)19(15-29)12-18-13-24(32-2)25(14-23(18)28)34-16-17-4-6-20(27)7-5-17/h4-14H,3,16H2,1-2H3,(H,30,31)/b19-12-. The van der Waals surface area contributed by atoms with Crippen molar-refractivity contribution in [1.29, 1.82) is 5.26 Å². The Balaban J connectivity index is 1.77. The highest BCUT2D eigenvalue weighted by atomic mass is 79.9. The number of hydrogen-bond acceptors (Lipinski definition) is 5. The lowest BCUT2D eigenvalue weighted by Crippen LogP contribution is -2.13. The van der Waals surface area contributed by atoms with E-state index in [9.17, 15) is 10.1 Å². The van der Waals surface area contributed by atoms with Gasteiger partial charge in [0.1, 0.15) is 24.0 Å². The summed E-state index contributed by atoms with van der Waals surface area (Å²) in [5.74, 6) is 1.20. The molecule has 0 atom stereocenters. The number of methoxy groups -OCH3 is 1. The summed E-state index contributed by atoms with van der Waals surface area (Å²) in [4.78, 5) is 12.7. The van der Waals surface area contributed by atoms with Gasteiger partial charge < -0.3 is 19.5 Å². The number of halogens is 2. The average Bonchev–Trinajstić information content (AvgIpc) is 2.84. The first-order chi connectivity index (χ1) is 16.4. The molecule has 0 aromatic heterocycles. The predicted molar refractivity (Wildman–Crippen MR) is 139 cm³/mol. The first-order valence-corrected chi connectivity index (χ1v) is 11.9. The third-order valence-electron chi connectivity index (χ3n) is 4.68. The van der Waals surface area contributed by atoms with Crippen LogP contribution in [0.25, 0.3) is 6.08 Å². The van der Waals surface area contributed by atoms with Crippen LogP contribution in [0.3, 0.4) is 0 Å². The van der Waals surface area contributed by atoms with Crippen molar-refractivity contribution in [3.63, 3.8) is 0 Å². The highest BCUT2D eigenvalue weighted by Gasteiger charge is 2.14. The fourth-order valence-electron chi connectivity index (χ4n) is 2.98. The monoisotopic (exact) mass is 584 g/mol. The quantitative estimate of drug-likeness (QED) is 0.222. The molecule has 0 heterocycles. The Morgan fingerprint density at radius 1 is 1.03 bits per heavy atom. The Hall–Kier alpha value is -3.28. The zero-order chi connectivity index (χ0) is 24.5. The lowest BCUT2D eigenvalue weighted by molar-refractivity contribution is -0.112. The third-order valence-corrected chi connectivity index (χ3v) is 5.89. The van der Waals surface area contributed by atoms with Gasteiger partial charge in [0.05, 0.1) is 13.7 Å². The Kier molecular flexibility index (Phi) is 9.14. The van der Waals surface area contributed by atoms with Crippen molar-refractivity contribution in [1.82, 2.24) is 0 Å². The lowest BCUT2D eigenvalue weighted by Gasteiger charge is -2.13. The van der Waals surface area contributed by atoms with E-state index < -0.39 is 5.91 Å². The zero-order valence-electron chi connectivity index (χ0n) is 18.6. The van der Waals surface area contributed by atoms with Crippen LogP contribution in [-0.2, 0) is 11.4 Å². The van der Waals surface area contributed by atoms with E-state index in [1.54, 1.807) is 36.4 Å². The van der Waals surface area contributed by atoms with Gasteiger partial charge in [-0.05, 0) is 72.7 Å². The lowest BCUT2D eigenvalue weighted by atomic mass is 10.1. The van der Waals surface area contributed by atoms with Crippen LogP contribution in [0.2, 0.25) is 0 Å². The summed E-state index contributed by atoms with van der Waals surface area (Å²) in [6.45, 7) is 2.81. The predicted octanol–water partition coefficient (Wildman–Crippen LogP) is 6.74. The zero-order valence-corrected chi connectivity index (χ0v) is 21.8. The second kappa shape index (κ2) is 12.3. The highest BCUT2D eigenvalue weighted by Crippen LogP contribution is 2.35. The van der Waals surface area contributed by atoms with Crippen molar-refractivity contribution in [2.75, 3.05) is 19.0 Å². The number of carbonyl (C=O) groups excluding carboxylic acids is 1. The van der Waals surface area contributed by atoms with E-state index in [2.05, 4.69) is 37.2 Å². The SMILES string of the molecule is CCOc1ccc(NC(=O)/C(C#N)=C\c2cc(OC)c(OCc3ccc(Br)cc3)cc2Br)cc1. The molecule has 174 valence electrons. The summed E-state index contributed by atoms with van der Waals surface area (Å²) in [6.07, 6.45) is 1.50. The molecule has 0 radical (unpaired) electrons. The molecule has 0 aliphatic heterocycles. The second-order valence-electron chi connectivity index (χ2n) is 7.02. The van der Waals surface area contributed by atoms with E-state index in [0.29, 0.717) is 46.2 Å². The number of ether oxygens (including phenoxy) is 3. The number of amides is 1. The van der Waals surface area contributed by atoms with Crippen molar-refractivity contribution in [2.45, 2.75) is 13.5 Å². The number of benzene rings is 3. The van der Waals surface area contributed by atoms with Gasteiger partial charge in [-0.3, -0.25) is 4.79 Å². The van der Waals surface area contributed by atoms with Crippen LogP contribution in [0.1, 0.15) is 18.1 Å². The number of hydrogen-bond donors (Lipinski definition) is 1. The Morgan fingerprint density at radius 3 is 2.35 bits per heavy atom. The van der Waals surface area contributed by atoms with E-state index in [1.165, 1.54) is 13.2 Å². The first kappa shape index (κ1) is 25.3. The third kappa shape index (κ3) is 6.86. The van der Waals surface area contributed by atoms with Gasteiger partial charge in [0.2, 0.25) is 0 Å². The van der Waals surface area contributed by atoms with E-state index in [4.69, 9.17) is 14.2 Å². The molecule has 1 N–H and O–H groups in total. The molecule has 0 aliphatic carbocycles. The van der Waals surface area contributed by atoms with Gasteiger partial charge in [0.25, 0.3) is 5.91 Å². The van der Waals surface area contributed by atoms with Crippen LogP contribution in [-0.4, -0.2) is 19.6 Å². The number of nitrogens with zero attached hydrogens (tertiary/aromatic N) is 1. The molecule has 0 bridgehead atoms. The molecule has 0 aliphatic rings. The van der Waals surface area contributed by atoms with Crippen LogP contribution < -0.4 is 19.5 Å². The topological polar surface area (TPSA) is 80.6 Å². The Morgan fingerprint density at radius 2 is 1.74 bits per heavy atom. The Labute approximate surface area is 215 Å². The van der Waals surface area contributed by atoms with Crippen molar-refractivity contribution in [2.24, 2.45) is 0 Å². The minimum Gasteiger partial charge on any atom is -0.494 e. The maximum Gasteiger partial charge on any atom is 0.266 e. The summed E-state index contributed by atoms with van der Waals surface area (Å²) in [5.41, 5.74) is 2.11. The van der Waals surface area contributed by atoms with Gasteiger partial charge in [-0.25, -0.2) is 0 Å². The van der Waals surface area contributed by atoms with Crippen molar-refractivity contribution in [3.05, 3.63) is 86.3 Å². The fourth-order valence-corrected chi connectivity index (χ4v) is 3.68. The molecular formula is C26H22Br2N2O4. The fraction of sp³-hybridized carbons (Fsp3) is 0.154. The minimum atomic E-state index is -0.520. The molecule has 8 heteroatoms. The molecule has 0 fully saturated rings. The molecule has 34 heavy (non-hydrogen) atoms. The number of nitriles is 1. The van der Waals surface area contributed by atoms with E-state index in [-0.39, 0.29) is 5.57 Å². The molecular weight excluding hydrogens is 564 g/mol. The smallest absolute Gasteiger partial charge is 0.266 e. The molecule has 6 nitrogen and oxygen atoms in total. The summed E-state index contributed by atoms with van der Waals surface area (Å²) >= 11 is 6.92. The van der Waals surface area contributed by atoms with Crippen LogP contribution in [0.15, 0.2) is 75.2 Å². The largest absolute Gasteiger partial charge is 0.494 e. The Bertz CT molecular complexity index is 1220. The van der Waals surface area contributed by atoms with E-state index in [0.717, 1.165) is 10.0 Å². The van der Waals surface area contributed by atoms with Gasteiger partial charge in [-0.15, -0.1) is 0 Å². The highest BCUT2D eigenvalue weighted by molar-refractivity contribution is 9.10. The number of carbonyl (C=O) groups is 1. The molecule has 0 saturated heterocycles. The van der Waals surface area contributed by atoms with Gasteiger partial charge >= 0.3 is 0 Å². The minimum absolute atomic E-state index is 0.0554. The first-order valence-electron chi connectivity index (χ1n) is 10.3. The maximum absolute atomic E-state index is 12.7. The normalized spacial score (nSPS) is 10.9. The summed E-state index contributed by atoms with van der Waals surface area (Å²) in [7, 11) is 1.53. The molecule has 3 rings (SSSR count). The van der Waals surface area contributed by atoms with Gasteiger partial charge in [-0.1, -0.05) is 44.0 Å². The number of anilines is 1. The summed E-state index contributed by atoms with van der Waals surface area (Å²) in [5, 5.41) is 12.3. The van der Waals surface area contributed by atoms with Crippen LogP contribution in [0.4, 0.5) is 5.69 Å². The molecule has 1 amide bonds. The van der Waals surface area contributed by atoms with Crippen molar-refractivity contribution >= 4 is 49.5 Å². The van der Waals surface area contributed by atoms with Gasteiger partial charge in [-0.2, -0.15) is 5.26 Å². The van der Waals surface area contributed by atoms with Crippen molar-refractivity contribution < 1.29 is 19.0 Å². The number of nitrogens with one attached hydrogen (secondary N) is 1. The van der Waals surface area contributed by atoms with Crippen molar-refractivity contribution in [3.8, 4) is 23.3 Å². The second-order valence-corrected chi connectivity index (χ2v) is 8.79. The van der Waals surface area contributed by atoms with E-state index in [1.807, 2.05) is 37.3 Å². The maximum atomic E-state index is 12.7.